The van der Waals surface area contributed by atoms with Gasteiger partial charge in [0.15, 0.2) is 0 Å². The molecule has 2 aromatic rings. The minimum atomic E-state index is -0.462. The molecule has 22 heavy (non-hydrogen) atoms. The second-order valence-electron chi connectivity index (χ2n) is 4.37. The van der Waals surface area contributed by atoms with Crippen LogP contribution < -0.4 is 10.1 Å². The summed E-state index contributed by atoms with van der Waals surface area (Å²) in [6.07, 6.45) is 1.51. The van der Waals surface area contributed by atoms with E-state index in [-0.39, 0.29) is 5.57 Å². The van der Waals surface area contributed by atoms with Crippen LogP contribution >= 0.6 is 15.9 Å². The van der Waals surface area contributed by atoms with Crippen molar-refractivity contribution in [3.8, 4) is 11.8 Å². The third kappa shape index (κ3) is 3.96. The van der Waals surface area contributed by atoms with E-state index in [0.717, 1.165) is 4.47 Å². The number of para-hydroxylation sites is 1. The molecule has 0 unspecified atom stereocenters. The second kappa shape index (κ2) is 7.43. The van der Waals surface area contributed by atoms with Crippen LogP contribution in [0.25, 0.3) is 6.08 Å². The molecule has 4 nitrogen and oxygen atoms in total. The molecule has 0 atom stereocenters. The first kappa shape index (κ1) is 15.8. The summed E-state index contributed by atoms with van der Waals surface area (Å²) in [5.41, 5.74) is 1.30. The van der Waals surface area contributed by atoms with Gasteiger partial charge in [-0.15, -0.1) is 0 Å². The molecule has 0 fully saturated rings. The molecule has 0 aromatic heterocycles. The zero-order chi connectivity index (χ0) is 15.9. The molecule has 0 saturated heterocycles. The maximum absolute atomic E-state index is 12.2. The number of methoxy groups -OCH3 is 1. The molecule has 0 aliphatic rings. The summed E-state index contributed by atoms with van der Waals surface area (Å²) >= 11 is 3.32. The van der Waals surface area contributed by atoms with Crippen LogP contribution in [0, 0.1) is 11.3 Å². The fourth-order valence-electron chi connectivity index (χ4n) is 1.82. The molecular formula is C17H13BrN2O2. The molecule has 1 amide bonds. The first-order valence-corrected chi connectivity index (χ1v) is 7.25. The number of carbonyl (C=O) groups excluding carboxylic acids is 1. The Labute approximate surface area is 137 Å². The number of amides is 1. The summed E-state index contributed by atoms with van der Waals surface area (Å²) in [6, 6.07) is 16.2. The quantitative estimate of drug-likeness (QED) is 0.665. The Morgan fingerprint density at radius 3 is 2.55 bits per heavy atom. The first-order chi connectivity index (χ1) is 10.6. The molecule has 0 radical (unpaired) electrons. The number of anilines is 1. The largest absolute Gasteiger partial charge is 0.496 e. The van der Waals surface area contributed by atoms with Gasteiger partial charge in [-0.2, -0.15) is 5.26 Å². The van der Waals surface area contributed by atoms with E-state index >= 15 is 0 Å². The van der Waals surface area contributed by atoms with E-state index in [1.54, 1.807) is 31.4 Å². The number of ether oxygens (including phenoxy) is 1. The highest BCUT2D eigenvalue weighted by Gasteiger charge is 2.11. The number of hydrogen-bond donors (Lipinski definition) is 1. The molecular weight excluding hydrogens is 344 g/mol. The average Bonchev–Trinajstić information content (AvgIpc) is 2.55. The number of hydrogen-bond acceptors (Lipinski definition) is 3. The summed E-state index contributed by atoms with van der Waals surface area (Å²) in [7, 11) is 1.54. The van der Waals surface area contributed by atoms with Crippen LogP contribution in [0.5, 0.6) is 5.75 Å². The lowest BCUT2D eigenvalue weighted by Crippen LogP contribution is -2.13. The number of rotatable bonds is 4. The molecule has 0 bridgehead atoms. The summed E-state index contributed by atoms with van der Waals surface area (Å²) < 4.78 is 6.12. The van der Waals surface area contributed by atoms with Gasteiger partial charge in [0.2, 0.25) is 0 Å². The zero-order valence-corrected chi connectivity index (χ0v) is 13.4. The number of nitrogens with one attached hydrogen (secondary N) is 1. The van der Waals surface area contributed by atoms with Crippen LogP contribution in [0.2, 0.25) is 0 Å². The van der Waals surface area contributed by atoms with Gasteiger partial charge in [0.05, 0.1) is 7.11 Å². The van der Waals surface area contributed by atoms with Crippen molar-refractivity contribution in [2.24, 2.45) is 0 Å². The van der Waals surface area contributed by atoms with E-state index in [2.05, 4.69) is 21.2 Å². The third-order valence-electron chi connectivity index (χ3n) is 2.91. The van der Waals surface area contributed by atoms with E-state index in [1.807, 2.05) is 30.3 Å². The Morgan fingerprint density at radius 2 is 1.91 bits per heavy atom. The number of nitrogens with zero attached hydrogens (tertiary/aromatic N) is 1. The van der Waals surface area contributed by atoms with Crippen molar-refractivity contribution in [3.63, 3.8) is 0 Å². The normalized spacial score (nSPS) is 10.7. The van der Waals surface area contributed by atoms with Crippen molar-refractivity contribution in [3.05, 3.63) is 64.1 Å². The van der Waals surface area contributed by atoms with Crippen LogP contribution in [0.4, 0.5) is 5.69 Å². The van der Waals surface area contributed by atoms with Crippen molar-refractivity contribution >= 4 is 33.6 Å². The lowest BCUT2D eigenvalue weighted by Gasteiger charge is -2.06. The van der Waals surface area contributed by atoms with E-state index < -0.39 is 5.91 Å². The molecule has 0 heterocycles. The summed E-state index contributed by atoms with van der Waals surface area (Å²) in [6.45, 7) is 0. The summed E-state index contributed by atoms with van der Waals surface area (Å²) in [4.78, 5) is 12.2. The monoisotopic (exact) mass is 356 g/mol. The smallest absolute Gasteiger partial charge is 0.266 e. The van der Waals surface area contributed by atoms with Gasteiger partial charge in [0.25, 0.3) is 5.91 Å². The van der Waals surface area contributed by atoms with Crippen molar-refractivity contribution in [2.45, 2.75) is 0 Å². The van der Waals surface area contributed by atoms with E-state index in [9.17, 15) is 10.1 Å². The SMILES string of the molecule is COc1ccccc1/C=C(\C#N)C(=O)Nc1ccc(Br)cc1. The predicted molar refractivity (Wildman–Crippen MR) is 89.4 cm³/mol. The molecule has 1 N–H and O–H groups in total. The number of nitriles is 1. The average molecular weight is 357 g/mol. The Hall–Kier alpha value is -2.58. The van der Waals surface area contributed by atoms with Gasteiger partial charge in [0.1, 0.15) is 17.4 Å². The van der Waals surface area contributed by atoms with Crippen LogP contribution in [-0.2, 0) is 4.79 Å². The molecule has 5 heteroatoms. The minimum Gasteiger partial charge on any atom is -0.496 e. The molecule has 0 aliphatic heterocycles. The van der Waals surface area contributed by atoms with E-state index in [1.165, 1.54) is 6.08 Å². The molecule has 0 saturated carbocycles. The van der Waals surface area contributed by atoms with Crippen molar-refractivity contribution < 1.29 is 9.53 Å². The Kier molecular flexibility index (Phi) is 5.34. The molecule has 0 spiro atoms. The Bertz CT molecular complexity index is 746. The fraction of sp³-hybridized carbons (Fsp3) is 0.0588. The number of benzene rings is 2. The third-order valence-corrected chi connectivity index (χ3v) is 3.43. The van der Waals surface area contributed by atoms with Gasteiger partial charge in [0, 0.05) is 15.7 Å². The highest BCUT2D eigenvalue weighted by atomic mass is 79.9. The van der Waals surface area contributed by atoms with Gasteiger partial charge < -0.3 is 10.1 Å². The van der Waals surface area contributed by atoms with Gasteiger partial charge in [-0.05, 0) is 36.4 Å². The summed E-state index contributed by atoms with van der Waals surface area (Å²) in [5.74, 6) is 0.141. The Balaban J connectivity index is 2.24. The maximum Gasteiger partial charge on any atom is 0.266 e. The lowest BCUT2D eigenvalue weighted by atomic mass is 10.1. The maximum atomic E-state index is 12.2. The highest BCUT2D eigenvalue weighted by Crippen LogP contribution is 2.21. The molecule has 110 valence electrons. The summed E-state index contributed by atoms with van der Waals surface area (Å²) in [5, 5.41) is 11.9. The second-order valence-corrected chi connectivity index (χ2v) is 5.29. The highest BCUT2D eigenvalue weighted by molar-refractivity contribution is 9.10. The zero-order valence-electron chi connectivity index (χ0n) is 11.8. The van der Waals surface area contributed by atoms with Crippen LogP contribution in [0.15, 0.2) is 58.6 Å². The van der Waals surface area contributed by atoms with E-state index in [0.29, 0.717) is 17.0 Å². The molecule has 2 aromatic carbocycles. The van der Waals surface area contributed by atoms with Gasteiger partial charge in [-0.3, -0.25) is 4.79 Å². The lowest BCUT2D eigenvalue weighted by molar-refractivity contribution is -0.112. The minimum absolute atomic E-state index is 0.00687. The topological polar surface area (TPSA) is 62.1 Å². The van der Waals surface area contributed by atoms with Crippen LogP contribution in [0.1, 0.15) is 5.56 Å². The van der Waals surface area contributed by atoms with Crippen LogP contribution in [-0.4, -0.2) is 13.0 Å². The van der Waals surface area contributed by atoms with Gasteiger partial charge in [-0.25, -0.2) is 0 Å². The van der Waals surface area contributed by atoms with Gasteiger partial charge >= 0.3 is 0 Å². The standard InChI is InChI=1S/C17H13BrN2O2/c1-22-16-5-3-2-4-12(16)10-13(11-19)17(21)20-15-8-6-14(18)7-9-15/h2-10H,1H3,(H,20,21)/b13-10+. The molecule has 2 rings (SSSR count). The van der Waals surface area contributed by atoms with Gasteiger partial charge in [-0.1, -0.05) is 34.1 Å². The molecule has 0 aliphatic carbocycles. The first-order valence-electron chi connectivity index (χ1n) is 6.46. The number of carbonyl (C=O) groups is 1. The Morgan fingerprint density at radius 1 is 1.23 bits per heavy atom. The van der Waals surface area contributed by atoms with Crippen molar-refractivity contribution in [1.82, 2.24) is 0 Å². The van der Waals surface area contributed by atoms with Crippen LogP contribution in [0.3, 0.4) is 0 Å². The van der Waals surface area contributed by atoms with Crippen molar-refractivity contribution in [1.29, 1.82) is 5.26 Å². The van der Waals surface area contributed by atoms with Crippen molar-refractivity contribution in [2.75, 3.05) is 12.4 Å². The number of halogens is 1. The van der Waals surface area contributed by atoms with E-state index in [4.69, 9.17) is 4.74 Å². The fourth-order valence-corrected chi connectivity index (χ4v) is 2.09. The predicted octanol–water partition coefficient (Wildman–Crippen LogP) is 4.00.